The molecule has 2 amide bonds. The number of anilines is 1. The molecule has 1 aromatic carbocycles. The lowest BCUT2D eigenvalue weighted by molar-refractivity contribution is -0.0970. The molecule has 0 fully saturated rings. The Morgan fingerprint density at radius 1 is 1.27 bits per heavy atom. The predicted molar refractivity (Wildman–Crippen MR) is 83.5 cm³/mol. The zero-order valence-corrected chi connectivity index (χ0v) is 12.9. The number of methoxy groups -OCH3 is 2. The highest BCUT2D eigenvalue weighted by molar-refractivity contribution is 5.88. The third-order valence-corrected chi connectivity index (χ3v) is 3.15. The van der Waals surface area contributed by atoms with Crippen LogP contribution in [0.15, 0.2) is 36.4 Å². The minimum Gasteiger partial charge on any atom is -0.354 e. The van der Waals surface area contributed by atoms with Crippen molar-refractivity contribution >= 4 is 11.8 Å². The molecule has 0 unspecified atom stereocenters. The Bertz CT molecular complexity index is 609. The van der Waals surface area contributed by atoms with Crippen LogP contribution in [0, 0.1) is 0 Å². The van der Waals surface area contributed by atoms with E-state index in [1.54, 1.807) is 4.68 Å². The van der Waals surface area contributed by atoms with Crippen molar-refractivity contribution in [1.29, 1.82) is 0 Å². The van der Waals surface area contributed by atoms with E-state index in [-0.39, 0.29) is 12.6 Å². The van der Waals surface area contributed by atoms with Crippen LogP contribution in [0.1, 0.15) is 0 Å². The minimum atomic E-state index is -0.477. The number of nitrogens with one attached hydrogen (secondary N) is 2. The highest BCUT2D eigenvalue weighted by Gasteiger charge is 2.11. The van der Waals surface area contributed by atoms with Crippen LogP contribution in [0.25, 0.3) is 11.3 Å². The van der Waals surface area contributed by atoms with Crippen molar-refractivity contribution < 1.29 is 14.3 Å². The average Bonchev–Trinajstić information content (AvgIpc) is 2.89. The molecule has 2 N–H and O–H groups in total. The fraction of sp³-hybridized carbons (Fsp3) is 0.333. The summed E-state index contributed by atoms with van der Waals surface area (Å²) in [5.74, 6) is 0.477. The lowest BCUT2D eigenvalue weighted by Gasteiger charge is -2.13. The number of amides is 2. The van der Waals surface area contributed by atoms with E-state index in [0.717, 1.165) is 11.3 Å². The number of rotatable bonds is 6. The van der Waals surface area contributed by atoms with E-state index in [9.17, 15) is 4.79 Å². The van der Waals surface area contributed by atoms with Crippen LogP contribution in [0.4, 0.5) is 10.6 Å². The molecule has 1 heterocycles. The molecule has 2 aromatic rings. The van der Waals surface area contributed by atoms with Gasteiger partial charge in [-0.15, -0.1) is 0 Å². The number of aryl methyl sites for hydroxylation is 1. The number of urea groups is 1. The van der Waals surface area contributed by atoms with Crippen LogP contribution in [0.5, 0.6) is 0 Å². The van der Waals surface area contributed by atoms with Crippen LogP contribution in [-0.2, 0) is 16.5 Å². The number of hydrogen-bond donors (Lipinski definition) is 2. The van der Waals surface area contributed by atoms with E-state index in [1.807, 2.05) is 43.4 Å². The monoisotopic (exact) mass is 304 g/mol. The summed E-state index contributed by atoms with van der Waals surface area (Å²) in [7, 11) is 4.86. The van der Waals surface area contributed by atoms with Gasteiger partial charge in [-0.2, -0.15) is 5.10 Å². The number of hydrogen-bond acceptors (Lipinski definition) is 4. The first kappa shape index (κ1) is 16.0. The fourth-order valence-corrected chi connectivity index (χ4v) is 2.01. The fourth-order valence-electron chi connectivity index (χ4n) is 2.01. The Labute approximate surface area is 129 Å². The normalized spacial score (nSPS) is 10.7. The van der Waals surface area contributed by atoms with Gasteiger partial charge < -0.3 is 14.8 Å². The summed E-state index contributed by atoms with van der Waals surface area (Å²) in [6.45, 7) is 0.247. The standard InChI is InChI=1S/C15H20N4O3/c1-19-12(11-7-5-4-6-8-11)9-13(18-19)17-15(20)16-10-14(21-2)22-3/h4-9,14H,10H2,1-3H3,(H2,16,17,18,20). The summed E-state index contributed by atoms with van der Waals surface area (Å²) >= 11 is 0. The molecule has 7 heteroatoms. The smallest absolute Gasteiger partial charge is 0.320 e. The van der Waals surface area contributed by atoms with Gasteiger partial charge >= 0.3 is 6.03 Å². The van der Waals surface area contributed by atoms with Crippen molar-refractivity contribution in [3.8, 4) is 11.3 Å². The predicted octanol–water partition coefficient (Wildman–Crippen LogP) is 1.83. The molecule has 0 spiro atoms. The van der Waals surface area contributed by atoms with Gasteiger partial charge in [-0.1, -0.05) is 30.3 Å². The van der Waals surface area contributed by atoms with Gasteiger partial charge in [-0.3, -0.25) is 10.00 Å². The first-order valence-electron chi connectivity index (χ1n) is 6.84. The highest BCUT2D eigenvalue weighted by Crippen LogP contribution is 2.21. The topological polar surface area (TPSA) is 77.4 Å². The number of carbonyl (C=O) groups excluding carboxylic acids is 1. The summed E-state index contributed by atoms with van der Waals surface area (Å²) in [5, 5.41) is 9.61. The van der Waals surface area contributed by atoms with Crippen LogP contribution >= 0.6 is 0 Å². The van der Waals surface area contributed by atoms with Crippen molar-refractivity contribution in [2.75, 3.05) is 26.1 Å². The summed E-state index contributed by atoms with van der Waals surface area (Å²) in [6, 6.07) is 11.3. The molecule has 0 aliphatic rings. The second kappa shape index (κ2) is 7.58. The van der Waals surface area contributed by atoms with Gasteiger partial charge in [0.05, 0.1) is 12.2 Å². The molecule has 0 bridgehead atoms. The van der Waals surface area contributed by atoms with Crippen molar-refractivity contribution in [3.63, 3.8) is 0 Å². The van der Waals surface area contributed by atoms with E-state index in [2.05, 4.69) is 15.7 Å². The maximum atomic E-state index is 11.8. The summed E-state index contributed by atoms with van der Waals surface area (Å²) in [4.78, 5) is 11.8. The Morgan fingerprint density at radius 3 is 2.59 bits per heavy atom. The molecule has 0 saturated carbocycles. The quantitative estimate of drug-likeness (QED) is 0.798. The van der Waals surface area contributed by atoms with Gasteiger partial charge in [0, 0.05) is 27.3 Å². The van der Waals surface area contributed by atoms with E-state index >= 15 is 0 Å². The van der Waals surface area contributed by atoms with Crippen LogP contribution in [-0.4, -0.2) is 42.9 Å². The van der Waals surface area contributed by atoms with E-state index in [1.165, 1.54) is 14.2 Å². The first-order chi connectivity index (χ1) is 10.6. The summed E-state index contributed by atoms with van der Waals surface area (Å²) in [5.41, 5.74) is 1.95. The number of carbonyl (C=O) groups is 1. The molecule has 0 atom stereocenters. The molecule has 0 aliphatic heterocycles. The summed E-state index contributed by atoms with van der Waals surface area (Å²) in [6.07, 6.45) is -0.477. The summed E-state index contributed by atoms with van der Waals surface area (Å²) < 4.78 is 11.7. The molecule has 2 rings (SSSR count). The maximum absolute atomic E-state index is 11.8. The SMILES string of the molecule is COC(CNC(=O)Nc1cc(-c2ccccc2)n(C)n1)OC. The van der Waals surface area contributed by atoms with Gasteiger partial charge in [0.15, 0.2) is 12.1 Å². The zero-order chi connectivity index (χ0) is 15.9. The van der Waals surface area contributed by atoms with Crippen molar-refractivity contribution in [3.05, 3.63) is 36.4 Å². The Kier molecular flexibility index (Phi) is 5.51. The third-order valence-electron chi connectivity index (χ3n) is 3.15. The first-order valence-corrected chi connectivity index (χ1v) is 6.84. The molecule has 118 valence electrons. The van der Waals surface area contributed by atoms with Crippen molar-refractivity contribution in [2.45, 2.75) is 6.29 Å². The average molecular weight is 304 g/mol. The number of nitrogens with zero attached hydrogens (tertiary/aromatic N) is 2. The van der Waals surface area contributed by atoms with Crippen molar-refractivity contribution in [2.24, 2.45) is 7.05 Å². The van der Waals surface area contributed by atoms with Crippen molar-refractivity contribution in [1.82, 2.24) is 15.1 Å². The molecular weight excluding hydrogens is 284 g/mol. The molecule has 1 aromatic heterocycles. The van der Waals surface area contributed by atoms with Gasteiger partial charge in [0.1, 0.15) is 0 Å². The van der Waals surface area contributed by atoms with E-state index in [0.29, 0.717) is 5.82 Å². The highest BCUT2D eigenvalue weighted by atomic mass is 16.7. The molecule has 0 saturated heterocycles. The Morgan fingerprint density at radius 2 is 1.95 bits per heavy atom. The lowest BCUT2D eigenvalue weighted by Crippen LogP contribution is -2.36. The second-order valence-electron chi connectivity index (χ2n) is 4.64. The van der Waals surface area contributed by atoms with Crippen LogP contribution in [0.3, 0.4) is 0 Å². The maximum Gasteiger partial charge on any atom is 0.320 e. The number of aromatic nitrogens is 2. The Hall–Kier alpha value is -2.38. The number of benzene rings is 1. The largest absolute Gasteiger partial charge is 0.354 e. The molecular formula is C15H20N4O3. The van der Waals surface area contributed by atoms with Gasteiger partial charge in [-0.25, -0.2) is 4.79 Å². The molecule has 0 radical (unpaired) electrons. The lowest BCUT2D eigenvalue weighted by atomic mass is 10.1. The Balaban J connectivity index is 1.98. The molecule has 22 heavy (non-hydrogen) atoms. The molecule has 0 aliphatic carbocycles. The zero-order valence-electron chi connectivity index (χ0n) is 12.9. The van der Waals surface area contributed by atoms with Crippen LogP contribution in [0.2, 0.25) is 0 Å². The minimum absolute atomic E-state index is 0.247. The third kappa shape index (κ3) is 4.06. The van der Waals surface area contributed by atoms with Gasteiger partial charge in [0.2, 0.25) is 0 Å². The van der Waals surface area contributed by atoms with E-state index in [4.69, 9.17) is 9.47 Å². The van der Waals surface area contributed by atoms with Gasteiger partial charge in [-0.05, 0) is 5.56 Å². The van der Waals surface area contributed by atoms with E-state index < -0.39 is 6.29 Å². The van der Waals surface area contributed by atoms with Crippen LogP contribution < -0.4 is 10.6 Å². The van der Waals surface area contributed by atoms with Gasteiger partial charge in [0.25, 0.3) is 0 Å². The number of ether oxygens (including phenoxy) is 2. The second-order valence-corrected chi connectivity index (χ2v) is 4.64. The molecule has 7 nitrogen and oxygen atoms in total.